The summed E-state index contributed by atoms with van der Waals surface area (Å²) in [5.74, 6) is -1.51. The fourth-order valence-electron chi connectivity index (χ4n) is 0.478. The van der Waals surface area contributed by atoms with E-state index in [0.717, 1.165) is 0 Å². The molecule has 0 aliphatic heterocycles. The van der Waals surface area contributed by atoms with Gasteiger partial charge >= 0.3 is 5.97 Å². The first kappa shape index (κ1) is 9.61. The largest absolute Gasteiger partial charge is 0.480 e. The first-order chi connectivity index (χ1) is 5.02. The van der Waals surface area contributed by atoms with Crippen molar-refractivity contribution in [2.45, 2.75) is 13.3 Å². The number of carboxylic acids is 1. The smallest absolute Gasteiger partial charge is 0.322 e. The standard InChI is InChI=1S/C6H10N2O3/c1-4(7)2-5(9)8-3-6(10)11/h7H,2-3H2,1H3,(H,8,9)(H,10,11). The second-order valence-electron chi connectivity index (χ2n) is 2.13. The van der Waals surface area contributed by atoms with Gasteiger partial charge in [-0.1, -0.05) is 0 Å². The molecular weight excluding hydrogens is 148 g/mol. The Morgan fingerprint density at radius 3 is 2.45 bits per heavy atom. The molecule has 0 saturated heterocycles. The highest BCUT2D eigenvalue weighted by molar-refractivity contribution is 5.98. The molecule has 0 aromatic carbocycles. The molecule has 0 bridgehead atoms. The minimum Gasteiger partial charge on any atom is -0.480 e. The van der Waals surface area contributed by atoms with Crippen LogP contribution in [0.25, 0.3) is 0 Å². The van der Waals surface area contributed by atoms with Gasteiger partial charge in [0.05, 0.1) is 6.42 Å². The number of carboxylic acid groups (broad SMARTS) is 1. The molecule has 0 rings (SSSR count). The van der Waals surface area contributed by atoms with Gasteiger partial charge in [0, 0.05) is 5.71 Å². The van der Waals surface area contributed by atoms with Gasteiger partial charge in [0.2, 0.25) is 5.91 Å². The van der Waals surface area contributed by atoms with Crippen LogP contribution in [-0.2, 0) is 9.59 Å². The van der Waals surface area contributed by atoms with E-state index in [1.807, 2.05) is 0 Å². The molecule has 0 aliphatic rings. The molecule has 0 unspecified atom stereocenters. The van der Waals surface area contributed by atoms with Gasteiger partial charge in [0.15, 0.2) is 0 Å². The van der Waals surface area contributed by atoms with Crippen molar-refractivity contribution >= 4 is 17.6 Å². The van der Waals surface area contributed by atoms with Crippen LogP contribution in [0.2, 0.25) is 0 Å². The third-order valence-electron chi connectivity index (χ3n) is 0.863. The lowest BCUT2D eigenvalue weighted by atomic mass is 10.3. The maximum atomic E-state index is 10.6. The van der Waals surface area contributed by atoms with Crippen molar-refractivity contribution in [2.75, 3.05) is 6.54 Å². The Balaban J connectivity index is 3.53. The van der Waals surface area contributed by atoms with E-state index in [9.17, 15) is 9.59 Å². The second-order valence-corrected chi connectivity index (χ2v) is 2.13. The Bertz CT molecular complexity index is 188. The summed E-state index contributed by atoms with van der Waals surface area (Å²) in [6.45, 7) is 1.10. The van der Waals surface area contributed by atoms with Crippen molar-refractivity contribution < 1.29 is 14.7 Å². The minimum atomic E-state index is -1.08. The molecule has 0 aliphatic carbocycles. The van der Waals surface area contributed by atoms with Crippen molar-refractivity contribution in [1.82, 2.24) is 5.32 Å². The fourth-order valence-corrected chi connectivity index (χ4v) is 0.478. The van der Waals surface area contributed by atoms with Crippen LogP contribution in [0.5, 0.6) is 0 Å². The van der Waals surface area contributed by atoms with E-state index in [4.69, 9.17) is 10.5 Å². The molecular formula is C6H10N2O3. The first-order valence-electron chi connectivity index (χ1n) is 3.05. The minimum absolute atomic E-state index is 0.0344. The quantitative estimate of drug-likeness (QED) is 0.487. The molecule has 1 amide bonds. The Kier molecular flexibility index (Phi) is 3.87. The summed E-state index contributed by atoms with van der Waals surface area (Å²) in [5, 5.41) is 17.2. The topological polar surface area (TPSA) is 90.3 Å². The van der Waals surface area contributed by atoms with Gasteiger partial charge in [-0.3, -0.25) is 9.59 Å². The van der Waals surface area contributed by atoms with E-state index < -0.39 is 11.9 Å². The lowest BCUT2D eigenvalue weighted by Crippen LogP contribution is -2.30. The summed E-state index contributed by atoms with van der Waals surface area (Å²) < 4.78 is 0. The van der Waals surface area contributed by atoms with Crippen LogP contribution in [0.15, 0.2) is 0 Å². The van der Waals surface area contributed by atoms with Crippen LogP contribution in [0.1, 0.15) is 13.3 Å². The molecule has 5 nitrogen and oxygen atoms in total. The fraction of sp³-hybridized carbons (Fsp3) is 0.500. The molecule has 0 aromatic rings. The van der Waals surface area contributed by atoms with E-state index in [0.29, 0.717) is 0 Å². The molecule has 3 N–H and O–H groups in total. The summed E-state index contributed by atoms with van der Waals surface area (Å²) in [6, 6.07) is 0. The molecule has 0 fully saturated rings. The van der Waals surface area contributed by atoms with E-state index in [2.05, 4.69) is 5.32 Å². The van der Waals surface area contributed by atoms with Crippen LogP contribution in [0.3, 0.4) is 0 Å². The molecule has 0 saturated carbocycles. The van der Waals surface area contributed by atoms with Gasteiger partial charge in [-0.05, 0) is 6.92 Å². The van der Waals surface area contributed by atoms with Gasteiger partial charge in [-0.25, -0.2) is 0 Å². The predicted octanol–water partition coefficient (Wildman–Crippen LogP) is -0.383. The highest BCUT2D eigenvalue weighted by Crippen LogP contribution is 1.80. The number of amides is 1. The average molecular weight is 158 g/mol. The second kappa shape index (κ2) is 4.43. The molecule has 62 valence electrons. The number of rotatable bonds is 4. The third-order valence-corrected chi connectivity index (χ3v) is 0.863. The van der Waals surface area contributed by atoms with Gasteiger partial charge in [-0.15, -0.1) is 0 Å². The predicted molar refractivity (Wildman–Crippen MR) is 38.7 cm³/mol. The number of hydrogen-bond acceptors (Lipinski definition) is 3. The Hall–Kier alpha value is -1.39. The van der Waals surface area contributed by atoms with Crippen molar-refractivity contribution in [3.8, 4) is 0 Å². The third kappa shape index (κ3) is 6.50. The number of hydrogen-bond donors (Lipinski definition) is 3. The number of aliphatic carboxylic acids is 1. The summed E-state index contributed by atoms with van der Waals surface area (Å²) in [5.41, 5.74) is 0.216. The van der Waals surface area contributed by atoms with E-state index in [1.165, 1.54) is 6.92 Å². The Morgan fingerprint density at radius 2 is 2.09 bits per heavy atom. The highest BCUT2D eigenvalue weighted by atomic mass is 16.4. The van der Waals surface area contributed by atoms with Crippen LogP contribution in [0, 0.1) is 5.41 Å². The van der Waals surface area contributed by atoms with Crippen molar-refractivity contribution in [3.05, 3.63) is 0 Å². The van der Waals surface area contributed by atoms with Crippen LogP contribution in [0.4, 0.5) is 0 Å². The van der Waals surface area contributed by atoms with Gasteiger partial charge in [0.1, 0.15) is 6.54 Å². The van der Waals surface area contributed by atoms with Crippen molar-refractivity contribution in [3.63, 3.8) is 0 Å². The molecule has 0 radical (unpaired) electrons. The molecule has 0 aromatic heterocycles. The maximum Gasteiger partial charge on any atom is 0.322 e. The monoisotopic (exact) mass is 158 g/mol. The zero-order valence-electron chi connectivity index (χ0n) is 6.18. The summed E-state index contributed by atoms with van der Waals surface area (Å²) in [4.78, 5) is 20.6. The normalized spacial score (nSPS) is 8.82. The van der Waals surface area contributed by atoms with Gasteiger partial charge < -0.3 is 15.8 Å². The lowest BCUT2D eigenvalue weighted by Gasteiger charge is -1.99. The average Bonchev–Trinajstić information content (AvgIpc) is 1.82. The Labute approximate surface area is 63.9 Å². The lowest BCUT2D eigenvalue weighted by molar-refractivity contribution is -0.137. The molecule has 0 spiro atoms. The van der Waals surface area contributed by atoms with Crippen LogP contribution >= 0.6 is 0 Å². The van der Waals surface area contributed by atoms with E-state index in [-0.39, 0.29) is 18.7 Å². The SMILES string of the molecule is CC(=N)CC(=O)NCC(=O)O. The molecule has 0 atom stereocenters. The summed E-state index contributed by atoms with van der Waals surface area (Å²) in [6.07, 6.45) is -0.0344. The summed E-state index contributed by atoms with van der Waals surface area (Å²) >= 11 is 0. The molecule has 5 heteroatoms. The van der Waals surface area contributed by atoms with E-state index in [1.54, 1.807) is 0 Å². The van der Waals surface area contributed by atoms with Gasteiger partial charge in [-0.2, -0.15) is 0 Å². The molecule has 0 heterocycles. The van der Waals surface area contributed by atoms with Gasteiger partial charge in [0.25, 0.3) is 0 Å². The highest BCUT2D eigenvalue weighted by Gasteiger charge is 2.03. The number of nitrogens with one attached hydrogen (secondary N) is 2. The summed E-state index contributed by atoms with van der Waals surface area (Å²) in [7, 11) is 0. The number of carbonyl (C=O) groups is 2. The number of carbonyl (C=O) groups excluding carboxylic acids is 1. The van der Waals surface area contributed by atoms with Crippen LogP contribution in [-0.4, -0.2) is 29.2 Å². The van der Waals surface area contributed by atoms with Crippen molar-refractivity contribution in [2.24, 2.45) is 0 Å². The van der Waals surface area contributed by atoms with Crippen molar-refractivity contribution in [1.29, 1.82) is 5.41 Å². The zero-order chi connectivity index (χ0) is 8.85. The first-order valence-corrected chi connectivity index (χ1v) is 3.05. The van der Waals surface area contributed by atoms with E-state index >= 15 is 0 Å². The Morgan fingerprint density at radius 1 is 1.55 bits per heavy atom. The zero-order valence-corrected chi connectivity index (χ0v) is 6.18. The van der Waals surface area contributed by atoms with Crippen LogP contribution < -0.4 is 5.32 Å². The molecule has 11 heavy (non-hydrogen) atoms. The maximum absolute atomic E-state index is 10.6.